The number of anilines is 1. The lowest BCUT2D eigenvalue weighted by atomic mass is 9.87. The molecule has 4 N–H and O–H groups in total. The van der Waals surface area contributed by atoms with E-state index in [-0.39, 0.29) is 18.1 Å². The van der Waals surface area contributed by atoms with Gasteiger partial charge >= 0.3 is 18.2 Å². The molecule has 4 amide bonds. The molecule has 43 heavy (non-hydrogen) atoms. The topological polar surface area (TPSA) is 157 Å². The largest absolute Gasteiger partial charge is 0.405 e. The highest BCUT2D eigenvalue weighted by atomic mass is 19.4. The summed E-state index contributed by atoms with van der Waals surface area (Å²) in [6.45, 7) is 0.754. The maximum Gasteiger partial charge on any atom is 0.405 e. The molecule has 2 aliphatic heterocycles. The summed E-state index contributed by atoms with van der Waals surface area (Å²) < 4.78 is 38.7. The summed E-state index contributed by atoms with van der Waals surface area (Å²) in [5.41, 5.74) is 8.37. The molecule has 0 radical (unpaired) electrons. The smallest absolute Gasteiger partial charge is 0.404 e. The summed E-state index contributed by atoms with van der Waals surface area (Å²) in [7, 11) is 0. The van der Waals surface area contributed by atoms with Crippen molar-refractivity contribution >= 4 is 35.2 Å². The van der Waals surface area contributed by atoms with Crippen molar-refractivity contribution in [3.8, 4) is 17.3 Å². The van der Waals surface area contributed by atoms with Crippen LogP contribution in [-0.2, 0) is 0 Å². The summed E-state index contributed by atoms with van der Waals surface area (Å²) >= 11 is 0. The third kappa shape index (κ3) is 6.69. The van der Waals surface area contributed by atoms with Gasteiger partial charge in [-0.15, -0.1) is 0 Å². The number of hydrogen-bond acceptors (Lipinski definition) is 7. The molecular weight excluding hydrogens is 565 g/mol. The summed E-state index contributed by atoms with van der Waals surface area (Å²) in [5.74, 6) is 0. The van der Waals surface area contributed by atoms with Crippen LogP contribution in [0.4, 0.5) is 28.4 Å². The number of rotatable bonds is 7. The molecule has 0 aliphatic carbocycles. The molecule has 2 aliphatic rings. The van der Waals surface area contributed by atoms with Gasteiger partial charge in [0.25, 0.3) is 0 Å². The van der Waals surface area contributed by atoms with Gasteiger partial charge in [-0.3, -0.25) is 4.99 Å². The van der Waals surface area contributed by atoms with Crippen LogP contribution in [0.1, 0.15) is 24.8 Å². The molecule has 2 aromatic heterocycles. The number of nitrogens with two attached hydrogens (primary N) is 1. The van der Waals surface area contributed by atoms with E-state index in [2.05, 4.69) is 26.5 Å². The normalized spacial score (nSPS) is 16.7. The summed E-state index contributed by atoms with van der Waals surface area (Å²) in [5, 5.41) is 18.0. The van der Waals surface area contributed by atoms with Gasteiger partial charge < -0.3 is 26.2 Å². The number of allylic oxidation sites excluding steroid dienone is 1. The number of aromatic nitrogens is 3. The molecule has 5 rings (SSSR count). The molecule has 3 aromatic rings. The Morgan fingerprint density at radius 1 is 1.16 bits per heavy atom. The van der Waals surface area contributed by atoms with Crippen molar-refractivity contribution in [2.45, 2.75) is 31.0 Å². The number of likely N-dealkylation sites (tertiary alicyclic amines) is 2. The van der Waals surface area contributed by atoms with E-state index < -0.39 is 24.3 Å². The minimum absolute atomic E-state index is 0.0216. The molecule has 0 spiro atoms. The number of aliphatic imine (C=N–C) groups is 1. The van der Waals surface area contributed by atoms with Crippen molar-refractivity contribution in [3.63, 3.8) is 0 Å². The molecule has 224 valence electrons. The number of amides is 4. The third-order valence-electron chi connectivity index (χ3n) is 7.24. The second kappa shape index (κ2) is 12.0. The number of nitrogens with zero attached hydrogens (tertiary/aromatic N) is 7. The van der Waals surface area contributed by atoms with Crippen molar-refractivity contribution in [2.24, 2.45) is 10.7 Å². The first kappa shape index (κ1) is 29.4. The highest BCUT2D eigenvalue weighted by Gasteiger charge is 2.46. The Balaban J connectivity index is 1.29. The number of alkyl halides is 3. The van der Waals surface area contributed by atoms with Crippen LogP contribution < -0.4 is 16.4 Å². The number of nitrogens with one attached hydrogen (secondary N) is 2. The first-order valence-corrected chi connectivity index (χ1v) is 13.5. The van der Waals surface area contributed by atoms with Gasteiger partial charge in [0, 0.05) is 47.9 Å². The number of benzene rings is 1. The molecule has 2 saturated heterocycles. The quantitative estimate of drug-likeness (QED) is 0.355. The van der Waals surface area contributed by atoms with E-state index in [1.54, 1.807) is 63.7 Å². The minimum Gasteiger partial charge on any atom is -0.404 e. The predicted molar refractivity (Wildman–Crippen MR) is 153 cm³/mol. The van der Waals surface area contributed by atoms with Crippen molar-refractivity contribution in [1.82, 2.24) is 29.7 Å². The van der Waals surface area contributed by atoms with E-state index in [0.717, 1.165) is 25.9 Å². The van der Waals surface area contributed by atoms with Crippen LogP contribution in [-0.4, -0.2) is 87.1 Å². The molecule has 15 heteroatoms. The van der Waals surface area contributed by atoms with E-state index in [0.29, 0.717) is 41.1 Å². The lowest BCUT2D eigenvalue weighted by Gasteiger charge is -2.47. The standard InChI is InChI=1S/C28H29F3N10O2/c29-28(30,31)16-35-25(42)38-22-5-3-4-19(10-22)23-15-34-24-11-20(14-37-41(23)24)21(12-33)13-36-27(6-7-32)17-40(18-27)26(43)39-8-1-2-9-39/h3-5,10-15H,1-2,6,8-9,16-18,33H2,(H2,35,38,42)/b21-12+,36-13?. The Morgan fingerprint density at radius 3 is 2.63 bits per heavy atom. The molecular formula is C28H29F3N10O2. The SMILES string of the molecule is N#CCC1(N=C/C(=C\N)c2cnn3c(-c4cccc(NC(=O)NCC(F)(F)F)c4)cnc3c2)CN(C(=O)N2CCCC2)C1. The molecule has 0 bridgehead atoms. The summed E-state index contributed by atoms with van der Waals surface area (Å²) in [6.07, 6.45) is 3.77. The molecule has 0 atom stereocenters. The monoisotopic (exact) mass is 594 g/mol. The molecule has 0 unspecified atom stereocenters. The predicted octanol–water partition coefficient (Wildman–Crippen LogP) is 3.63. The van der Waals surface area contributed by atoms with Crippen LogP contribution in [0.15, 0.2) is 53.9 Å². The zero-order valence-corrected chi connectivity index (χ0v) is 23.0. The van der Waals surface area contributed by atoms with Gasteiger partial charge in [0.15, 0.2) is 5.65 Å². The van der Waals surface area contributed by atoms with Gasteiger partial charge in [-0.2, -0.15) is 23.5 Å². The van der Waals surface area contributed by atoms with Crippen LogP contribution in [0.25, 0.3) is 22.5 Å². The molecule has 12 nitrogen and oxygen atoms in total. The van der Waals surface area contributed by atoms with E-state index in [1.165, 1.54) is 6.20 Å². The van der Waals surface area contributed by atoms with Crippen molar-refractivity contribution < 1.29 is 22.8 Å². The average molecular weight is 595 g/mol. The zero-order valence-electron chi connectivity index (χ0n) is 23.0. The van der Waals surface area contributed by atoms with Crippen LogP contribution in [0, 0.1) is 11.3 Å². The van der Waals surface area contributed by atoms with Gasteiger partial charge in [-0.25, -0.2) is 19.1 Å². The van der Waals surface area contributed by atoms with Gasteiger partial charge in [0.05, 0.1) is 43.7 Å². The molecule has 2 fully saturated rings. The fraction of sp³-hybridized carbons (Fsp3) is 0.357. The fourth-order valence-electron chi connectivity index (χ4n) is 5.06. The lowest BCUT2D eigenvalue weighted by Crippen LogP contribution is -2.64. The van der Waals surface area contributed by atoms with E-state index >= 15 is 0 Å². The van der Waals surface area contributed by atoms with Gasteiger partial charge in [-0.05, 0) is 31.0 Å². The second-order valence-corrected chi connectivity index (χ2v) is 10.4. The molecule has 1 aromatic carbocycles. The van der Waals surface area contributed by atoms with Gasteiger partial charge in [-0.1, -0.05) is 12.1 Å². The van der Waals surface area contributed by atoms with Gasteiger partial charge in [0.1, 0.15) is 12.1 Å². The zero-order chi connectivity index (χ0) is 30.6. The van der Waals surface area contributed by atoms with Crippen LogP contribution in [0.2, 0.25) is 0 Å². The Morgan fingerprint density at radius 2 is 1.93 bits per heavy atom. The number of fused-ring (bicyclic) bond motifs is 1. The van der Waals surface area contributed by atoms with Crippen LogP contribution in [0.3, 0.4) is 0 Å². The molecule has 0 saturated carbocycles. The van der Waals surface area contributed by atoms with Crippen molar-refractivity contribution in [2.75, 3.05) is 38.0 Å². The highest BCUT2D eigenvalue weighted by Crippen LogP contribution is 2.31. The fourth-order valence-corrected chi connectivity index (χ4v) is 5.06. The minimum atomic E-state index is -4.52. The number of urea groups is 2. The Bertz CT molecular complexity index is 1610. The number of halogens is 3. The number of carbonyl (C=O) groups excluding carboxylic acids is 2. The van der Waals surface area contributed by atoms with Crippen molar-refractivity contribution in [1.29, 1.82) is 5.26 Å². The Labute approximate surface area is 244 Å². The van der Waals surface area contributed by atoms with E-state index in [4.69, 9.17) is 5.73 Å². The van der Waals surface area contributed by atoms with E-state index in [9.17, 15) is 28.0 Å². The van der Waals surface area contributed by atoms with Gasteiger partial charge in [0.2, 0.25) is 0 Å². The third-order valence-corrected chi connectivity index (χ3v) is 7.24. The summed E-state index contributed by atoms with van der Waals surface area (Å²) in [6, 6.07) is 9.46. The number of nitriles is 1. The first-order valence-electron chi connectivity index (χ1n) is 13.5. The number of hydrogen-bond donors (Lipinski definition) is 3. The Kier molecular flexibility index (Phi) is 8.20. The average Bonchev–Trinajstić information content (AvgIpc) is 3.65. The maximum atomic E-state index is 12.7. The molecule has 4 heterocycles. The number of carbonyl (C=O) groups is 2. The van der Waals surface area contributed by atoms with Crippen molar-refractivity contribution in [3.05, 3.63) is 54.5 Å². The van der Waals surface area contributed by atoms with Crippen LogP contribution >= 0.6 is 0 Å². The second-order valence-electron chi connectivity index (χ2n) is 10.4. The highest BCUT2D eigenvalue weighted by molar-refractivity contribution is 6.10. The number of imidazole rings is 1. The first-order chi connectivity index (χ1) is 20.6. The Hall–Kier alpha value is -5.13. The maximum absolute atomic E-state index is 12.7. The summed E-state index contributed by atoms with van der Waals surface area (Å²) in [4.78, 5) is 37.2. The lowest BCUT2D eigenvalue weighted by molar-refractivity contribution is -0.122. The van der Waals surface area contributed by atoms with Crippen LogP contribution in [0.5, 0.6) is 0 Å². The van der Waals surface area contributed by atoms with E-state index in [1.807, 2.05) is 4.90 Å².